The van der Waals surface area contributed by atoms with Crippen molar-refractivity contribution in [2.24, 2.45) is 5.73 Å². The summed E-state index contributed by atoms with van der Waals surface area (Å²) < 4.78 is 11.1. The molecule has 1 atom stereocenters. The van der Waals surface area contributed by atoms with Gasteiger partial charge < -0.3 is 15.2 Å². The van der Waals surface area contributed by atoms with Crippen LogP contribution in [-0.2, 0) is 6.42 Å². The van der Waals surface area contributed by atoms with Crippen molar-refractivity contribution in [1.82, 2.24) is 4.98 Å². The van der Waals surface area contributed by atoms with E-state index in [1.807, 2.05) is 37.3 Å². The van der Waals surface area contributed by atoms with E-state index in [2.05, 4.69) is 4.98 Å². The fraction of sp³-hybridized carbons (Fsp3) is 0.312. The second-order valence-electron chi connectivity index (χ2n) is 4.65. The standard InChI is InChI=1S/C16H20N2O2/c1-12(17)14-3-4-15(16(11-14)19-2)20-10-7-13-5-8-18-9-6-13/h3-6,8-9,11-12H,7,10,17H2,1-2H3. The SMILES string of the molecule is COc1cc(C(C)N)ccc1OCCc1ccncc1. The van der Waals surface area contributed by atoms with Crippen molar-refractivity contribution in [2.75, 3.05) is 13.7 Å². The summed E-state index contributed by atoms with van der Waals surface area (Å²) in [6.07, 6.45) is 4.40. The van der Waals surface area contributed by atoms with Gasteiger partial charge in [0.15, 0.2) is 11.5 Å². The van der Waals surface area contributed by atoms with E-state index >= 15 is 0 Å². The lowest BCUT2D eigenvalue weighted by molar-refractivity contribution is 0.297. The summed E-state index contributed by atoms with van der Waals surface area (Å²) in [5.74, 6) is 1.46. The van der Waals surface area contributed by atoms with Gasteiger partial charge in [-0.2, -0.15) is 0 Å². The molecule has 4 heteroatoms. The Labute approximate surface area is 119 Å². The Hall–Kier alpha value is -2.07. The Bertz CT molecular complexity index is 541. The number of ether oxygens (including phenoxy) is 2. The van der Waals surface area contributed by atoms with Crippen LogP contribution in [0.5, 0.6) is 11.5 Å². The number of aromatic nitrogens is 1. The molecule has 2 N–H and O–H groups in total. The molecule has 4 nitrogen and oxygen atoms in total. The Morgan fingerprint density at radius 3 is 2.55 bits per heavy atom. The highest BCUT2D eigenvalue weighted by molar-refractivity contribution is 5.43. The number of rotatable bonds is 6. The fourth-order valence-corrected chi connectivity index (χ4v) is 1.91. The van der Waals surface area contributed by atoms with Gasteiger partial charge in [0.1, 0.15) is 0 Å². The van der Waals surface area contributed by atoms with Crippen LogP contribution in [0, 0.1) is 0 Å². The highest BCUT2D eigenvalue weighted by Crippen LogP contribution is 2.29. The van der Waals surface area contributed by atoms with Crippen molar-refractivity contribution in [3.63, 3.8) is 0 Å². The molecule has 2 aromatic rings. The van der Waals surface area contributed by atoms with Crippen LogP contribution in [0.25, 0.3) is 0 Å². The monoisotopic (exact) mass is 272 g/mol. The van der Waals surface area contributed by atoms with Gasteiger partial charge in [-0.15, -0.1) is 0 Å². The van der Waals surface area contributed by atoms with Gasteiger partial charge in [-0.25, -0.2) is 0 Å². The van der Waals surface area contributed by atoms with Crippen LogP contribution in [0.3, 0.4) is 0 Å². The maximum absolute atomic E-state index is 5.86. The average molecular weight is 272 g/mol. The highest BCUT2D eigenvalue weighted by Gasteiger charge is 2.08. The normalized spacial score (nSPS) is 11.9. The van der Waals surface area contributed by atoms with Gasteiger partial charge >= 0.3 is 0 Å². The summed E-state index contributed by atoms with van der Waals surface area (Å²) in [5.41, 5.74) is 8.09. The Morgan fingerprint density at radius 1 is 1.15 bits per heavy atom. The Balaban J connectivity index is 1.99. The van der Waals surface area contributed by atoms with Crippen LogP contribution in [0.15, 0.2) is 42.7 Å². The summed E-state index contributed by atoms with van der Waals surface area (Å²) in [7, 11) is 1.63. The van der Waals surface area contributed by atoms with E-state index in [-0.39, 0.29) is 6.04 Å². The third-order valence-electron chi connectivity index (χ3n) is 3.11. The second kappa shape index (κ2) is 6.91. The number of nitrogens with zero attached hydrogens (tertiary/aromatic N) is 1. The molecular weight excluding hydrogens is 252 g/mol. The predicted molar refractivity (Wildman–Crippen MR) is 79.0 cm³/mol. The van der Waals surface area contributed by atoms with Gasteiger partial charge in [0.2, 0.25) is 0 Å². The van der Waals surface area contributed by atoms with Gasteiger partial charge in [0.05, 0.1) is 13.7 Å². The molecule has 0 aliphatic rings. The largest absolute Gasteiger partial charge is 0.493 e. The molecule has 0 aliphatic heterocycles. The first-order valence-electron chi connectivity index (χ1n) is 6.66. The molecule has 0 radical (unpaired) electrons. The van der Waals surface area contributed by atoms with Crippen LogP contribution in [0.4, 0.5) is 0 Å². The van der Waals surface area contributed by atoms with Crippen molar-refractivity contribution >= 4 is 0 Å². The van der Waals surface area contributed by atoms with Crippen LogP contribution in [-0.4, -0.2) is 18.7 Å². The molecule has 20 heavy (non-hydrogen) atoms. The first-order chi connectivity index (χ1) is 9.70. The average Bonchev–Trinajstić information content (AvgIpc) is 2.48. The summed E-state index contributed by atoms with van der Waals surface area (Å²) in [5, 5.41) is 0. The minimum Gasteiger partial charge on any atom is -0.493 e. The molecular formula is C16H20N2O2. The lowest BCUT2D eigenvalue weighted by atomic mass is 10.1. The molecule has 0 saturated heterocycles. The molecule has 1 unspecified atom stereocenters. The first kappa shape index (κ1) is 14.3. The minimum absolute atomic E-state index is 0.0187. The van der Waals surface area contributed by atoms with Crippen LogP contribution in [0.1, 0.15) is 24.1 Å². The van der Waals surface area contributed by atoms with E-state index in [9.17, 15) is 0 Å². The van der Waals surface area contributed by atoms with Crippen molar-refractivity contribution in [3.8, 4) is 11.5 Å². The van der Waals surface area contributed by atoms with Crippen LogP contribution < -0.4 is 15.2 Å². The summed E-state index contributed by atoms with van der Waals surface area (Å²) >= 11 is 0. The molecule has 0 spiro atoms. The zero-order valence-electron chi connectivity index (χ0n) is 11.9. The van der Waals surface area contributed by atoms with Crippen molar-refractivity contribution < 1.29 is 9.47 Å². The fourth-order valence-electron chi connectivity index (χ4n) is 1.91. The third kappa shape index (κ3) is 3.71. The maximum atomic E-state index is 5.86. The smallest absolute Gasteiger partial charge is 0.161 e. The highest BCUT2D eigenvalue weighted by atomic mass is 16.5. The van der Waals surface area contributed by atoms with Crippen molar-refractivity contribution in [3.05, 3.63) is 53.9 Å². The molecule has 1 aromatic carbocycles. The zero-order chi connectivity index (χ0) is 14.4. The maximum Gasteiger partial charge on any atom is 0.161 e. The van der Waals surface area contributed by atoms with E-state index in [1.54, 1.807) is 19.5 Å². The Morgan fingerprint density at radius 2 is 1.90 bits per heavy atom. The van der Waals surface area contributed by atoms with Gasteiger partial charge in [-0.3, -0.25) is 4.98 Å². The van der Waals surface area contributed by atoms with Gasteiger partial charge in [-0.1, -0.05) is 6.07 Å². The van der Waals surface area contributed by atoms with Gasteiger partial charge in [-0.05, 0) is 42.3 Å². The summed E-state index contributed by atoms with van der Waals surface area (Å²) in [6.45, 7) is 2.54. The quantitative estimate of drug-likeness (QED) is 0.878. The molecule has 0 fully saturated rings. The number of benzene rings is 1. The minimum atomic E-state index is -0.0187. The van der Waals surface area contributed by atoms with E-state index in [0.29, 0.717) is 6.61 Å². The van der Waals surface area contributed by atoms with E-state index in [0.717, 1.165) is 23.5 Å². The third-order valence-corrected chi connectivity index (χ3v) is 3.11. The van der Waals surface area contributed by atoms with E-state index in [1.165, 1.54) is 5.56 Å². The van der Waals surface area contributed by atoms with Crippen molar-refractivity contribution in [2.45, 2.75) is 19.4 Å². The zero-order valence-corrected chi connectivity index (χ0v) is 11.9. The van der Waals surface area contributed by atoms with Crippen LogP contribution in [0.2, 0.25) is 0 Å². The molecule has 106 valence electrons. The molecule has 0 bridgehead atoms. The Kier molecular flexibility index (Phi) is 4.96. The molecule has 1 aromatic heterocycles. The molecule has 0 aliphatic carbocycles. The second-order valence-corrected chi connectivity index (χ2v) is 4.65. The summed E-state index contributed by atoms with van der Waals surface area (Å²) in [6, 6.07) is 9.75. The molecule has 0 saturated carbocycles. The number of methoxy groups -OCH3 is 1. The molecule has 0 amide bonds. The predicted octanol–water partition coefficient (Wildman–Crippen LogP) is 2.73. The topological polar surface area (TPSA) is 57.4 Å². The van der Waals surface area contributed by atoms with Crippen molar-refractivity contribution in [1.29, 1.82) is 0 Å². The lowest BCUT2D eigenvalue weighted by Gasteiger charge is -2.13. The molecule has 1 heterocycles. The molecule has 2 rings (SSSR count). The van der Waals surface area contributed by atoms with E-state index < -0.39 is 0 Å². The summed E-state index contributed by atoms with van der Waals surface area (Å²) in [4.78, 5) is 3.99. The number of hydrogen-bond donors (Lipinski definition) is 1. The van der Waals surface area contributed by atoms with Gasteiger partial charge in [0.25, 0.3) is 0 Å². The van der Waals surface area contributed by atoms with E-state index in [4.69, 9.17) is 15.2 Å². The van der Waals surface area contributed by atoms with Gasteiger partial charge in [0, 0.05) is 24.9 Å². The lowest BCUT2D eigenvalue weighted by Crippen LogP contribution is -2.06. The number of pyridine rings is 1. The number of nitrogens with two attached hydrogens (primary N) is 1. The number of hydrogen-bond acceptors (Lipinski definition) is 4. The van der Waals surface area contributed by atoms with Crippen LogP contribution >= 0.6 is 0 Å². The first-order valence-corrected chi connectivity index (χ1v) is 6.66.